The Balaban J connectivity index is 0.918. The molecule has 5 fully saturated rings. The van der Waals surface area contributed by atoms with Crippen molar-refractivity contribution in [2.45, 2.75) is 100 Å². The lowest BCUT2D eigenvalue weighted by molar-refractivity contribution is -0.154. The van der Waals surface area contributed by atoms with Crippen LogP contribution < -0.4 is 0 Å². The summed E-state index contributed by atoms with van der Waals surface area (Å²) in [4.78, 5) is 89.0. The molecule has 53 heavy (non-hydrogen) atoms. The monoisotopic (exact) mass is 725 g/mol. The molecule has 280 valence electrons. The van der Waals surface area contributed by atoms with Gasteiger partial charge in [-0.05, 0) is 86.5 Å². The Labute approximate surface area is 308 Å². The van der Waals surface area contributed by atoms with Gasteiger partial charge in [-0.1, -0.05) is 48.5 Å². The van der Waals surface area contributed by atoms with Crippen molar-refractivity contribution in [3.63, 3.8) is 0 Å². The number of hydrogen-bond acceptors (Lipinski definition) is 7. The van der Waals surface area contributed by atoms with Gasteiger partial charge in [-0.2, -0.15) is 0 Å². The summed E-state index contributed by atoms with van der Waals surface area (Å²) in [5.74, 6) is -2.29. The molecule has 13 nitrogen and oxygen atoms in total. The molecule has 1 N–H and O–H groups in total. The topological polar surface area (TPSA) is 148 Å². The van der Waals surface area contributed by atoms with Crippen molar-refractivity contribution in [3.05, 3.63) is 59.7 Å². The number of amides is 5. The van der Waals surface area contributed by atoms with Gasteiger partial charge in [-0.15, -0.1) is 0 Å². The summed E-state index contributed by atoms with van der Waals surface area (Å²) < 4.78 is 5.93. The van der Waals surface area contributed by atoms with Crippen LogP contribution in [0.2, 0.25) is 0 Å². The first-order chi connectivity index (χ1) is 25.7. The van der Waals surface area contributed by atoms with Crippen LogP contribution in [0.5, 0.6) is 0 Å². The van der Waals surface area contributed by atoms with E-state index in [4.69, 9.17) is 4.74 Å². The number of likely N-dealkylation sites (tertiary alicyclic amines) is 5. The van der Waals surface area contributed by atoms with Gasteiger partial charge in [0.25, 0.3) is 0 Å². The third kappa shape index (κ3) is 6.21. The number of hydrogen-bond donors (Lipinski definition) is 1. The van der Waals surface area contributed by atoms with Crippen LogP contribution in [0.3, 0.4) is 0 Å². The molecule has 5 aliphatic heterocycles. The van der Waals surface area contributed by atoms with Gasteiger partial charge in [-0.3, -0.25) is 24.1 Å². The molecule has 6 aliphatic rings. The summed E-state index contributed by atoms with van der Waals surface area (Å²) in [6, 6.07) is 12.4. The van der Waals surface area contributed by atoms with Crippen molar-refractivity contribution < 1.29 is 38.6 Å². The summed E-state index contributed by atoms with van der Waals surface area (Å²) in [7, 11) is 0. The molecular formula is C40H47N5O8. The number of benzene rings is 2. The molecule has 5 saturated heterocycles. The van der Waals surface area contributed by atoms with Gasteiger partial charge in [0.2, 0.25) is 23.6 Å². The fraction of sp³-hybridized carbons (Fsp3) is 0.550. The highest BCUT2D eigenvalue weighted by Crippen LogP contribution is 2.44. The van der Waals surface area contributed by atoms with E-state index in [0.29, 0.717) is 96.9 Å². The van der Waals surface area contributed by atoms with Crippen LogP contribution in [-0.4, -0.2) is 135 Å². The minimum absolute atomic E-state index is 0.101. The average Bonchev–Trinajstić information content (AvgIpc) is 4.03. The Morgan fingerprint density at radius 3 is 1.26 bits per heavy atom. The lowest BCUT2D eigenvalue weighted by Gasteiger charge is -2.36. The maximum Gasteiger partial charge on any atom is 0.410 e. The van der Waals surface area contributed by atoms with Gasteiger partial charge in [0.15, 0.2) is 0 Å². The summed E-state index contributed by atoms with van der Waals surface area (Å²) in [6.07, 6.45) is 4.87. The highest BCUT2D eigenvalue weighted by Gasteiger charge is 2.49. The van der Waals surface area contributed by atoms with Crippen LogP contribution in [0.25, 0.3) is 11.1 Å². The Kier molecular flexibility index (Phi) is 9.59. The third-order valence-electron chi connectivity index (χ3n) is 12.4. The molecule has 0 radical (unpaired) electrons. The second-order valence-electron chi connectivity index (χ2n) is 15.3. The molecule has 0 aromatic heterocycles. The predicted octanol–water partition coefficient (Wildman–Crippen LogP) is 3.45. The zero-order valence-electron chi connectivity index (χ0n) is 29.9. The summed E-state index contributed by atoms with van der Waals surface area (Å²) in [5.41, 5.74) is 4.49. The lowest BCUT2D eigenvalue weighted by Crippen LogP contribution is -2.57. The molecule has 5 atom stereocenters. The van der Waals surface area contributed by atoms with Crippen LogP contribution in [0.15, 0.2) is 48.5 Å². The van der Waals surface area contributed by atoms with E-state index in [1.165, 1.54) is 9.80 Å². The molecule has 2 aromatic carbocycles. The number of carboxylic acids is 1. The zero-order valence-corrected chi connectivity index (χ0v) is 29.9. The molecule has 5 heterocycles. The Morgan fingerprint density at radius 2 is 0.849 bits per heavy atom. The minimum Gasteiger partial charge on any atom is -0.480 e. The van der Waals surface area contributed by atoms with Crippen molar-refractivity contribution in [1.82, 2.24) is 24.5 Å². The normalized spacial score (nSPS) is 26.6. The van der Waals surface area contributed by atoms with Gasteiger partial charge in [0.1, 0.15) is 36.8 Å². The molecule has 0 saturated carbocycles. The van der Waals surface area contributed by atoms with Gasteiger partial charge in [0, 0.05) is 38.6 Å². The molecular weight excluding hydrogens is 678 g/mol. The van der Waals surface area contributed by atoms with Crippen LogP contribution in [0.1, 0.15) is 81.3 Å². The molecule has 8 rings (SSSR count). The van der Waals surface area contributed by atoms with Crippen LogP contribution in [0, 0.1) is 0 Å². The van der Waals surface area contributed by atoms with Gasteiger partial charge < -0.3 is 29.4 Å². The molecule has 0 spiro atoms. The van der Waals surface area contributed by atoms with Crippen molar-refractivity contribution in [2.75, 3.05) is 39.3 Å². The van der Waals surface area contributed by atoms with E-state index in [-0.39, 0.29) is 36.2 Å². The minimum atomic E-state index is -1.03. The average molecular weight is 726 g/mol. The maximum atomic E-state index is 14.2. The molecule has 5 amide bonds. The van der Waals surface area contributed by atoms with E-state index < -0.39 is 42.3 Å². The number of rotatable bonds is 7. The number of aliphatic carboxylic acids is 1. The van der Waals surface area contributed by atoms with E-state index in [0.717, 1.165) is 22.3 Å². The Hall–Kier alpha value is -4.94. The SMILES string of the molecule is O=C(O)[C@@H]1CCCN1C(=O)[C@@H]1CCCN1C(=O)[C@@H]1CCCN1C(=O)[C@H]1CCCN1C(=O)[C@@H]1CCCN1C(=O)OCC1c2ccccc2-c2ccccc21. The number of carbonyl (C=O) groups excluding carboxylic acids is 5. The second kappa shape index (κ2) is 14.5. The molecule has 2 aromatic rings. The van der Waals surface area contributed by atoms with Crippen LogP contribution in [-0.2, 0) is 28.7 Å². The number of carbonyl (C=O) groups is 6. The van der Waals surface area contributed by atoms with E-state index in [2.05, 4.69) is 24.3 Å². The highest BCUT2D eigenvalue weighted by atomic mass is 16.6. The largest absolute Gasteiger partial charge is 0.480 e. The zero-order chi connectivity index (χ0) is 36.8. The molecule has 1 aliphatic carbocycles. The quantitative estimate of drug-likeness (QED) is 0.457. The third-order valence-corrected chi connectivity index (χ3v) is 12.4. The maximum absolute atomic E-state index is 14.2. The van der Waals surface area contributed by atoms with E-state index in [9.17, 15) is 33.9 Å². The summed E-state index contributed by atoms with van der Waals surface area (Å²) in [5, 5.41) is 9.65. The highest BCUT2D eigenvalue weighted by molar-refractivity contribution is 5.97. The first-order valence-corrected chi connectivity index (χ1v) is 19.3. The number of ether oxygens (including phenoxy) is 1. The summed E-state index contributed by atoms with van der Waals surface area (Å²) >= 11 is 0. The predicted molar refractivity (Wildman–Crippen MR) is 191 cm³/mol. The lowest BCUT2D eigenvalue weighted by atomic mass is 9.98. The Bertz CT molecular complexity index is 1770. The van der Waals surface area contributed by atoms with E-state index >= 15 is 0 Å². The molecule has 13 heteroatoms. The van der Waals surface area contributed by atoms with Gasteiger partial charge in [0.05, 0.1) is 0 Å². The number of carboxylic acid groups (broad SMARTS) is 1. The Morgan fingerprint density at radius 1 is 0.509 bits per heavy atom. The number of nitrogens with zero attached hydrogens (tertiary/aromatic N) is 5. The van der Waals surface area contributed by atoms with Gasteiger partial charge >= 0.3 is 12.1 Å². The fourth-order valence-electron chi connectivity index (χ4n) is 9.83. The first-order valence-electron chi connectivity index (χ1n) is 19.3. The smallest absolute Gasteiger partial charge is 0.410 e. The standard InChI is InChI=1S/C40H47N5O8/c46-35(42-20-7-16-32(42)37(48)44-22-9-18-34(44)39(50)51)30-14-5-19-41(30)36(47)31-15-6-21-43(31)38(49)33-17-8-23-45(33)40(52)53-24-29-27-12-3-1-10-25(27)26-11-2-4-13-28(26)29/h1-4,10-13,29-34H,5-9,14-24H2,(H,50,51)/t30-,31+,32-,33-,34-/m0/s1. The van der Waals surface area contributed by atoms with Gasteiger partial charge in [-0.25, -0.2) is 9.59 Å². The summed E-state index contributed by atoms with van der Waals surface area (Å²) in [6.45, 7) is 2.04. The van der Waals surface area contributed by atoms with E-state index in [1.54, 1.807) is 14.7 Å². The number of fused-ring (bicyclic) bond motifs is 3. The van der Waals surface area contributed by atoms with Crippen molar-refractivity contribution in [2.24, 2.45) is 0 Å². The van der Waals surface area contributed by atoms with Crippen molar-refractivity contribution in [1.29, 1.82) is 0 Å². The van der Waals surface area contributed by atoms with E-state index in [1.807, 2.05) is 24.3 Å². The van der Waals surface area contributed by atoms with Crippen LogP contribution in [0.4, 0.5) is 4.79 Å². The fourth-order valence-corrected chi connectivity index (χ4v) is 9.83. The van der Waals surface area contributed by atoms with Crippen molar-refractivity contribution >= 4 is 35.7 Å². The molecule has 0 bridgehead atoms. The van der Waals surface area contributed by atoms with Crippen molar-refractivity contribution in [3.8, 4) is 11.1 Å². The second-order valence-corrected chi connectivity index (χ2v) is 15.3. The van der Waals surface area contributed by atoms with Crippen LogP contribution >= 0.6 is 0 Å². The molecule has 0 unspecified atom stereocenters. The first kappa shape index (κ1) is 35.1.